The van der Waals surface area contributed by atoms with Gasteiger partial charge < -0.3 is 19.2 Å². The molecule has 0 aliphatic carbocycles. The smallest absolute Gasteiger partial charge is 0.287 e. The number of unbranched alkanes of at least 4 members (excludes halogenated alkanes) is 2. The fourth-order valence-corrected chi connectivity index (χ4v) is 2.56. The first-order valence-electron chi connectivity index (χ1n) is 8.72. The lowest BCUT2D eigenvalue weighted by Gasteiger charge is -2.17. The highest BCUT2D eigenvalue weighted by Gasteiger charge is 2.17. The van der Waals surface area contributed by atoms with Crippen molar-refractivity contribution in [3.8, 4) is 11.5 Å². The zero-order chi connectivity index (χ0) is 18.2. The molecule has 0 saturated heterocycles. The minimum Gasteiger partial charge on any atom is -0.493 e. The van der Waals surface area contributed by atoms with Crippen molar-refractivity contribution >= 4 is 5.91 Å². The van der Waals surface area contributed by atoms with Gasteiger partial charge in [0.25, 0.3) is 5.91 Å². The Hall–Kier alpha value is -2.43. The van der Waals surface area contributed by atoms with Crippen molar-refractivity contribution in [3.63, 3.8) is 0 Å². The lowest BCUT2D eigenvalue weighted by Crippen LogP contribution is -2.26. The summed E-state index contributed by atoms with van der Waals surface area (Å²) in [4.78, 5) is 12.3. The van der Waals surface area contributed by atoms with E-state index in [1.807, 2.05) is 32.0 Å². The number of rotatable bonds is 9. The van der Waals surface area contributed by atoms with Crippen LogP contribution in [0.1, 0.15) is 60.8 Å². The molecule has 2 rings (SSSR count). The van der Waals surface area contributed by atoms with E-state index in [9.17, 15) is 4.79 Å². The van der Waals surface area contributed by atoms with Gasteiger partial charge in [0.1, 0.15) is 0 Å². The van der Waals surface area contributed by atoms with Gasteiger partial charge in [0.05, 0.1) is 26.0 Å². The van der Waals surface area contributed by atoms with Gasteiger partial charge in [0, 0.05) is 5.56 Å². The molecule has 2 aromatic rings. The van der Waals surface area contributed by atoms with E-state index >= 15 is 0 Å². The summed E-state index contributed by atoms with van der Waals surface area (Å²) in [7, 11) is 1.62. The van der Waals surface area contributed by atoms with Crippen LogP contribution < -0.4 is 14.8 Å². The first-order valence-corrected chi connectivity index (χ1v) is 8.72. The maximum atomic E-state index is 12.3. The fraction of sp³-hybridized carbons (Fsp3) is 0.450. The van der Waals surface area contributed by atoms with Crippen LogP contribution in [0.4, 0.5) is 0 Å². The first-order chi connectivity index (χ1) is 12.1. The molecule has 0 fully saturated rings. The third-order valence-electron chi connectivity index (χ3n) is 4.11. The lowest BCUT2D eigenvalue weighted by atomic mass is 10.1. The highest BCUT2D eigenvalue weighted by molar-refractivity contribution is 5.93. The molecule has 0 radical (unpaired) electrons. The Labute approximate surface area is 149 Å². The number of amides is 1. The molecule has 136 valence electrons. The number of hydrogen-bond donors (Lipinski definition) is 1. The van der Waals surface area contributed by atoms with Crippen molar-refractivity contribution < 1.29 is 18.7 Å². The second kappa shape index (κ2) is 9.16. The van der Waals surface area contributed by atoms with Crippen LogP contribution >= 0.6 is 0 Å². The maximum absolute atomic E-state index is 12.3. The van der Waals surface area contributed by atoms with Crippen LogP contribution in [0.25, 0.3) is 0 Å². The Morgan fingerprint density at radius 2 is 2.04 bits per heavy atom. The van der Waals surface area contributed by atoms with E-state index in [0.29, 0.717) is 18.1 Å². The summed E-state index contributed by atoms with van der Waals surface area (Å²) < 4.78 is 16.5. The molecule has 1 aromatic heterocycles. The van der Waals surface area contributed by atoms with Gasteiger partial charge in [-0.15, -0.1) is 0 Å². The molecule has 0 unspecified atom stereocenters. The highest BCUT2D eigenvalue weighted by Crippen LogP contribution is 2.30. The van der Waals surface area contributed by atoms with Crippen molar-refractivity contribution in [2.45, 2.75) is 46.1 Å². The van der Waals surface area contributed by atoms with Gasteiger partial charge in [-0.3, -0.25) is 4.79 Å². The molecular formula is C20H27NO4. The Bertz CT molecular complexity index is 693. The van der Waals surface area contributed by atoms with Gasteiger partial charge >= 0.3 is 0 Å². The van der Waals surface area contributed by atoms with E-state index in [0.717, 1.165) is 36.1 Å². The molecule has 0 aliphatic rings. The highest BCUT2D eigenvalue weighted by atomic mass is 16.5. The summed E-state index contributed by atoms with van der Waals surface area (Å²) in [5.74, 6) is 1.51. The molecule has 5 nitrogen and oxygen atoms in total. The summed E-state index contributed by atoms with van der Waals surface area (Å²) in [5, 5.41) is 2.94. The van der Waals surface area contributed by atoms with Gasteiger partial charge in [-0.05, 0) is 44.0 Å². The Kier molecular flexibility index (Phi) is 6.92. The number of carbonyl (C=O) groups excluding carboxylic acids is 1. The van der Waals surface area contributed by atoms with Crippen LogP contribution in [-0.4, -0.2) is 19.6 Å². The topological polar surface area (TPSA) is 60.7 Å². The van der Waals surface area contributed by atoms with Crippen molar-refractivity contribution in [1.29, 1.82) is 0 Å². The molecule has 0 bridgehead atoms. The molecule has 0 aliphatic heterocycles. The third kappa shape index (κ3) is 5.02. The number of methoxy groups -OCH3 is 1. The average Bonchev–Trinajstić information content (AvgIpc) is 3.04. The molecule has 1 aromatic carbocycles. The minimum atomic E-state index is -0.228. The molecule has 1 amide bonds. The van der Waals surface area contributed by atoms with E-state index in [4.69, 9.17) is 13.9 Å². The number of aryl methyl sites for hydroxylation is 1. The summed E-state index contributed by atoms with van der Waals surface area (Å²) in [6.07, 6.45) is 4.85. The van der Waals surface area contributed by atoms with E-state index in [2.05, 4.69) is 12.2 Å². The van der Waals surface area contributed by atoms with E-state index in [1.165, 1.54) is 6.26 Å². The number of carbonyl (C=O) groups is 1. The number of ether oxygens (including phenoxy) is 2. The Morgan fingerprint density at radius 3 is 2.68 bits per heavy atom. The van der Waals surface area contributed by atoms with E-state index < -0.39 is 0 Å². The Morgan fingerprint density at radius 1 is 1.24 bits per heavy atom. The normalized spacial score (nSPS) is 11.8. The van der Waals surface area contributed by atoms with Crippen molar-refractivity contribution in [2.24, 2.45) is 0 Å². The SMILES string of the molecule is CCCCCOc1ccc([C@@H](C)NC(=O)c2occc2C)cc1OC. The summed E-state index contributed by atoms with van der Waals surface area (Å²) in [6, 6.07) is 7.32. The summed E-state index contributed by atoms with van der Waals surface area (Å²) in [5.41, 5.74) is 1.76. The minimum absolute atomic E-state index is 0.181. The van der Waals surface area contributed by atoms with Gasteiger partial charge in [0.2, 0.25) is 0 Å². The van der Waals surface area contributed by atoms with E-state index in [1.54, 1.807) is 13.2 Å². The zero-order valence-electron chi connectivity index (χ0n) is 15.4. The fourth-order valence-electron chi connectivity index (χ4n) is 2.56. The molecule has 0 saturated carbocycles. The van der Waals surface area contributed by atoms with Crippen LogP contribution in [0.5, 0.6) is 11.5 Å². The third-order valence-corrected chi connectivity index (χ3v) is 4.11. The predicted octanol–water partition coefficient (Wildman–Crippen LogP) is 4.66. The standard InChI is InChI=1S/C20H27NO4/c1-5-6-7-11-24-17-9-8-16(13-18(17)23-4)15(3)21-20(22)19-14(2)10-12-25-19/h8-10,12-13,15H,5-7,11H2,1-4H3,(H,21,22)/t15-/m1/s1. The molecular weight excluding hydrogens is 318 g/mol. The number of nitrogens with one attached hydrogen (secondary N) is 1. The number of furan rings is 1. The maximum Gasteiger partial charge on any atom is 0.287 e. The van der Waals surface area contributed by atoms with Gasteiger partial charge in [0.15, 0.2) is 17.3 Å². The van der Waals surface area contributed by atoms with Gasteiger partial charge in [-0.25, -0.2) is 0 Å². The largest absolute Gasteiger partial charge is 0.493 e. The van der Waals surface area contributed by atoms with E-state index in [-0.39, 0.29) is 11.9 Å². The first kappa shape index (κ1) is 18.9. The van der Waals surface area contributed by atoms with Crippen molar-refractivity contribution in [2.75, 3.05) is 13.7 Å². The second-order valence-corrected chi connectivity index (χ2v) is 6.09. The van der Waals surface area contributed by atoms with Crippen LogP contribution in [-0.2, 0) is 0 Å². The van der Waals surface area contributed by atoms with Crippen molar-refractivity contribution in [1.82, 2.24) is 5.32 Å². The monoisotopic (exact) mass is 345 g/mol. The van der Waals surface area contributed by atoms with Crippen LogP contribution in [0.2, 0.25) is 0 Å². The molecule has 1 heterocycles. The molecule has 1 N–H and O–H groups in total. The van der Waals surface area contributed by atoms with Crippen LogP contribution in [0.15, 0.2) is 34.9 Å². The quantitative estimate of drug-likeness (QED) is 0.672. The number of hydrogen-bond acceptors (Lipinski definition) is 4. The van der Waals surface area contributed by atoms with Crippen molar-refractivity contribution in [3.05, 3.63) is 47.4 Å². The molecule has 5 heteroatoms. The molecule has 1 atom stereocenters. The average molecular weight is 345 g/mol. The molecule has 25 heavy (non-hydrogen) atoms. The van der Waals surface area contributed by atoms with Gasteiger partial charge in [-0.1, -0.05) is 25.8 Å². The lowest BCUT2D eigenvalue weighted by molar-refractivity contribution is 0.0911. The number of benzene rings is 1. The van der Waals surface area contributed by atoms with Crippen LogP contribution in [0.3, 0.4) is 0 Å². The Balaban J connectivity index is 2.03. The second-order valence-electron chi connectivity index (χ2n) is 6.09. The van der Waals surface area contributed by atoms with Gasteiger partial charge in [-0.2, -0.15) is 0 Å². The summed E-state index contributed by atoms with van der Waals surface area (Å²) in [6.45, 7) is 6.60. The predicted molar refractivity (Wildman–Crippen MR) is 97.3 cm³/mol. The van der Waals surface area contributed by atoms with Crippen LogP contribution in [0, 0.1) is 6.92 Å². The zero-order valence-corrected chi connectivity index (χ0v) is 15.4. The summed E-state index contributed by atoms with van der Waals surface area (Å²) >= 11 is 0. The molecule has 0 spiro atoms.